The number of nitrogens with zero attached hydrogens (tertiary/aromatic N) is 2. The molecule has 3 rings (SSSR count). The van der Waals surface area contributed by atoms with E-state index in [2.05, 4.69) is 22.1 Å². The van der Waals surface area contributed by atoms with Crippen molar-refractivity contribution >= 4 is 42.3 Å². The van der Waals surface area contributed by atoms with Crippen molar-refractivity contribution in [3.8, 4) is 11.3 Å². The van der Waals surface area contributed by atoms with Crippen molar-refractivity contribution in [2.75, 3.05) is 19.6 Å². The summed E-state index contributed by atoms with van der Waals surface area (Å²) in [4.78, 5) is 19.1. The number of hydrogen-bond donors (Lipinski definition) is 1. The van der Waals surface area contributed by atoms with Crippen LogP contribution in [-0.4, -0.2) is 41.5 Å². The fourth-order valence-electron chi connectivity index (χ4n) is 3.44. The van der Waals surface area contributed by atoms with Crippen molar-refractivity contribution in [1.82, 2.24) is 15.2 Å². The van der Waals surface area contributed by atoms with Crippen LogP contribution in [0.2, 0.25) is 5.02 Å². The van der Waals surface area contributed by atoms with Crippen LogP contribution in [0, 0.1) is 0 Å². The van der Waals surface area contributed by atoms with E-state index in [1.807, 2.05) is 24.3 Å². The number of carbonyl (C=O) groups excluding carboxylic acids is 1. The molecule has 1 aromatic heterocycles. The molecule has 1 amide bonds. The third-order valence-corrected chi connectivity index (χ3v) is 5.11. The van der Waals surface area contributed by atoms with E-state index in [0.29, 0.717) is 35.6 Å². The zero-order chi connectivity index (χ0) is 18.4. The van der Waals surface area contributed by atoms with Crippen LogP contribution >= 0.6 is 36.4 Å². The molecule has 1 saturated heterocycles. The van der Waals surface area contributed by atoms with Crippen LogP contribution < -0.4 is 5.32 Å². The van der Waals surface area contributed by atoms with E-state index >= 15 is 0 Å². The maximum Gasteiger partial charge on any atom is 0.223 e. The number of carbonyl (C=O) groups is 1. The fraction of sp³-hybridized carbons (Fsp3) is 0.500. The SMILES string of the molecule is CCCN(C(=O)CCc1ncc(-c2ccccc2Cl)o1)C1CCNCC1.Cl.Cl. The van der Waals surface area contributed by atoms with Crippen molar-refractivity contribution in [2.24, 2.45) is 0 Å². The lowest BCUT2D eigenvalue weighted by Crippen LogP contribution is -2.46. The third kappa shape index (κ3) is 6.38. The first-order chi connectivity index (χ1) is 12.7. The monoisotopic (exact) mass is 447 g/mol. The van der Waals surface area contributed by atoms with Gasteiger partial charge in [-0.05, 0) is 44.5 Å². The molecule has 5 nitrogen and oxygen atoms in total. The Kier molecular flexibility index (Phi) is 10.9. The molecule has 28 heavy (non-hydrogen) atoms. The number of halogens is 3. The van der Waals surface area contributed by atoms with E-state index < -0.39 is 0 Å². The number of hydrogen-bond acceptors (Lipinski definition) is 4. The van der Waals surface area contributed by atoms with Gasteiger partial charge in [-0.25, -0.2) is 4.98 Å². The lowest BCUT2D eigenvalue weighted by atomic mass is 10.0. The number of aromatic nitrogens is 1. The van der Waals surface area contributed by atoms with Crippen molar-refractivity contribution in [1.29, 1.82) is 0 Å². The molecule has 1 fully saturated rings. The summed E-state index contributed by atoms with van der Waals surface area (Å²) in [5, 5.41) is 3.99. The Morgan fingerprint density at radius 1 is 1.29 bits per heavy atom. The Morgan fingerprint density at radius 2 is 2.00 bits per heavy atom. The second kappa shape index (κ2) is 12.3. The molecule has 8 heteroatoms. The Morgan fingerprint density at radius 3 is 2.68 bits per heavy atom. The minimum Gasteiger partial charge on any atom is -0.441 e. The molecular formula is C20H28Cl3N3O2. The number of nitrogens with one attached hydrogen (secondary N) is 1. The van der Waals surface area contributed by atoms with Gasteiger partial charge in [0.1, 0.15) is 0 Å². The van der Waals surface area contributed by atoms with Gasteiger partial charge >= 0.3 is 0 Å². The highest BCUT2D eigenvalue weighted by molar-refractivity contribution is 6.33. The smallest absolute Gasteiger partial charge is 0.223 e. The molecule has 1 N–H and O–H groups in total. The number of amides is 1. The quantitative estimate of drug-likeness (QED) is 0.663. The summed E-state index contributed by atoms with van der Waals surface area (Å²) in [7, 11) is 0. The molecule has 0 saturated carbocycles. The van der Waals surface area contributed by atoms with Crippen LogP contribution in [0.3, 0.4) is 0 Å². The summed E-state index contributed by atoms with van der Waals surface area (Å²) in [5.41, 5.74) is 0.821. The zero-order valence-corrected chi connectivity index (χ0v) is 18.4. The molecular weight excluding hydrogens is 421 g/mol. The molecule has 156 valence electrons. The van der Waals surface area contributed by atoms with Gasteiger partial charge in [-0.3, -0.25) is 4.79 Å². The van der Waals surface area contributed by atoms with Crippen LogP contribution in [0.25, 0.3) is 11.3 Å². The van der Waals surface area contributed by atoms with Gasteiger partial charge in [0.25, 0.3) is 0 Å². The normalized spacial score (nSPS) is 14.1. The Balaban J connectivity index is 0.00000196. The van der Waals surface area contributed by atoms with Crippen LogP contribution in [0.4, 0.5) is 0 Å². The van der Waals surface area contributed by atoms with Crippen LogP contribution in [0.1, 0.15) is 38.5 Å². The summed E-state index contributed by atoms with van der Waals surface area (Å²) in [5.74, 6) is 1.41. The van der Waals surface area contributed by atoms with Crippen molar-refractivity contribution in [2.45, 2.75) is 45.1 Å². The average Bonchev–Trinajstić information content (AvgIpc) is 3.14. The number of rotatable bonds is 7. The highest BCUT2D eigenvalue weighted by Gasteiger charge is 2.24. The van der Waals surface area contributed by atoms with Crippen molar-refractivity contribution in [3.05, 3.63) is 41.4 Å². The molecule has 0 atom stereocenters. The number of benzene rings is 1. The first-order valence-electron chi connectivity index (χ1n) is 9.39. The third-order valence-electron chi connectivity index (χ3n) is 4.78. The molecule has 0 bridgehead atoms. The second-order valence-electron chi connectivity index (χ2n) is 6.67. The average molecular weight is 449 g/mol. The summed E-state index contributed by atoms with van der Waals surface area (Å²) < 4.78 is 5.81. The standard InChI is InChI=1S/C20H26ClN3O2.2ClH/c1-2-13-24(15-9-11-22-12-10-15)20(25)8-7-19-23-14-18(26-19)16-5-3-4-6-17(16)21;;/h3-6,14-15,22H,2,7-13H2,1H3;2*1H. The van der Waals surface area contributed by atoms with Gasteiger partial charge in [0.15, 0.2) is 11.7 Å². The summed E-state index contributed by atoms with van der Waals surface area (Å²) >= 11 is 6.20. The van der Waals surface area contributed by atoms with Gasteiger partial charge < -0.3 is 14.6 Å². The predicted octanol–water partition coefficient (Wildman–Crippen LogP) is 4.76. The number of aryl methyl sites for hydroxylation is 1. The first-order valence-corrected chi connectivity index (χ1v) is 9.76. The van der Waals surface area contributed by atoms with Crippen molar-refractivity contribution in [3.63, 3.8) is 0 Å². The molecule has 1 aromatic carbocycles. The minimum atomic E-state index is 0. The van der Waals surface area contributed by atoms with E-state index in [9.17, 15) is 4.79 Å². The van der Waals surface area contributed by atoms with Gasteiger partial charge in [-0.2, -0.15) is 0 Å². The second-order valence-corrected chi connectivity index (χ2v) is 7.07. The fourth-order valence-corrected chi connectivity index (χ4v) is 3.67. The predicted molar refractivity (Wildman–Crippen MR) is 118 cm³/mol. The van der Waals surface area contributed by atoms with Gasteiger partial charge in [0.2, 0.25) is 5.91 Å². The summed E-state index contributed by atoms with van der Waals surface area (Å²) in [6, 6.07) is 7.87. The van der Waals surface area contributed by atoms with Crippen LogP contribution in [0.15, 0.2) is 34.9 Å². The van der Waals surface area contributed by atoms with Crippen LogP contribution in [-0.2, 0) is 11.2 Å². The topological polar surface area (TPSA) is 58.4 Å². The van der Waals surface area contributed by atoms with Gasteiger partial charge in [-0.1, -0.05) is 30.7 Å². The molecule has 0 spiro atoms. The first kappa shape index (κ1) is 24.8. The summed E-state index contributed by atoms with van der Waals surface area (Å²) in [6.45, 7) is 4.91. The van der Waals surface area contributed by atoms with E-state index in [1.165, 1.54) is 0 Å². The molecule has 2 aromatic rings. The minimum absolute atomic E-state index is 0. The molecule has 2 heterocycles. The molecule has 1 aliphatic heterocycles. The largest absolute Gasteiger partial charge is 0.441 e. The Labute approximate surface area is 184 Å². The van der Waals surface area contributed by atoms with E-state index in [0.717, 1.165) is 44.5 Å². The van der Waals surface area contributed by atoms with Crippen LogP contribution in [0.5, 0.6) is 0 Å². The molecule has 0 radical (unpaired) electrons. The maximum atomic E-state index is 12.8. The van der Waals surface area contributed by atoms with Gasteiger partial charge in [0.05, 0.1) is 11.2 Å². The highest BCUT2D eigenvalue weighted by atomic mass is 35.5. The Bertz CT molecular complexity index is 733. The van der Waals surface area contributed by atoms with E-state index in [-0.39, 0.29) is 30.7 Å². The van der Waals surface area contributed by atoms with E-state index in [1.54, 1.807) is 6.20 Å². The zero-order valence-electron chi connectivity index (χ0n) is 16.0. The van der Waals surface area contributed by atoms with Gasteiger partial charge in [0, 0.05) is 31.0 Å². The molecule has 1 aliphatic rings. The Hall–Kier alpha value is -1.27. The molecule has 0 aliphatic carbocycles. The van der Waals surface area contributed by atoms with Crippen molar-refractivity contribution < 1.29 is 9.21 Å². The van der Waals surface area contributed by atoms with E-state index in [4.69, 9.17) is 16.0 Å². The lowest BCUT2D eigenvalue weighted by molar-refractivity contribution is -0.134. The van der Waals surface area contributed by atoms with Gasteiger partial charge in [-0.15, -0.1) is 24.8 Å². The highest BCUT2D eigenvalue weighted by Crippen LogP contribution is 2.28. The lowest BCUT2D eigenvalue weighted by Gasteiger charge is -2.34. The summed E-state index contributed by atoms with van der Waals surface area (Å²) in [6.07, 6.45) is 5.65. The molecule has 0 unspecified atom stereocenters. The number of oxazole rings is 1. The maximum absolute atomic E-state index is 12.8. The number of piperidine rings is 1.